The number of ether oxygens (including phenoxy) is 1. The molecule has 6 nitrogen and oxygen atoms in total. The Morgan fingerprint density at radius 1 is 1.19 bits per heavy atom. The van der Waals surface area contributed by atoms with E-state index >= 15 is 0 Å². The lowest BCUT2D eigenvalue weighted by atomic mass is 9.85. The molecule has 1 aliphatic rings. The average molecular weight is 387 g/mol. The molecule has 0 unspecified atom stereocenters. The summed E-state index contributed by atoms with van der Waals surface area (Å²) >= 11 is 0. The number of alkyl halides is 3. The highest BCUT2D eigenvalue weighted by molar-refractivity contribution is 5.78. The Bertz CT molecular complexity index is 672. The van der Waals surface area contributed by atoms with Crippen molar-refractivity contribution < 1.29 is 27.5 Å². The highest BCUT2D eigenvalue weighted by atomic mass is 19.4. The molecule has 0 radical (unpaired) electrons. The zero-order valence-electron chi connectivity index (χ0n) is 15.3. The molecule has 2 rings (SSSR count). The smallest absolute Gasteiger partial charge is 0.416 e. The topological polar surface area (TPSA) is 79.5 Å². The quantitative estimate of drug-likeness (QED) is 0.727. The van der Waals surface area contributed by atoms with Gasteiger partial charge in [-0.25, -0.2) is 4.79 Å². The predicted molar refractivity (Wildman–Crippen MR) is 93.2 cm³/mol. The molecule has 1 aromatic rings. The monoisotopic (exact) mass is 387 g/mol. The van der Waals surface area contributed by atoms with Crippen LogP contribution in [0.2, 0.25) is 0 Å². The van der Waals surface area contributed by atoms with Crippen molar-refractivity contribution in [1.29, 1.82) is 0 Å². The van der Waals surface area contributed by atoms with Gasteiger partial charge in [-0.2, -0.15) is 13.2 Å². The van der Waals surface area contributed by atoms with Gasteiger partial charge in [-0.3, -0.25) is 4.79 Å². The van der Waals surface area contributed by atoms with Crippen LogP contribution in [0.1, 0.15) is 36.8 Å². The summed E-state index contributed by atoms with van der Waals surface area (Å²) in [4.78, 5) is 23.6. The molecule has 0 spiro atoms. The van der Waals surface area contributed by atoms with Crippen LogP contribution < -0.4 is 20.7 Å². The maximum atomic E-state index is 13.2. The van der Waals surface area contributed by atoms with Crippen LogP contribution in [0, 0.1) is 5.92 Å². The van der Waals surface area contributed by atoms with Gasteiger partial charge in [-0.05, 0) is 43.4 Å². The van der Waals surface area contributed by atoms with Gasteiger partial charge in [0.2, 0.25) is 5.91 Å². The molecule has 1 fully saturated rings. The third-order valence-electron chi connectivity index (χ3n) is 4.74. The minimum absolute atomic E-state index is 0.00270. The predicted octanol–water partition coefficient (Wildman–Crippen LogP) is 2.82. The Balaban J connectivity index is 1.88. The molecule has 0 aliphatic heterocycles. The average Bonchev–Trinajstić information content (AvgIpc) is 2.65. The van der Waals surface area contributed by atoms with E-state index in [9.17, 15) is 22.8 Å². The number of methoxy groups -OCH3 is 1. The Morgan fingerprint density at radius 3 is 2.41 bits per heavy atom. The molecule has 0 saturated heterocycles. The maximum Gasteiger partial charge on any atom is 0.416 e. The number of rotatable bonds is 5. The standard InChI is InChI=1S/C18H24F3N3O3/c1-22-16(25)11-3-6-13(7-4-11)24-17(26)23-10-12-5-8-14(27-2)9-15(12)18(19,20)21/h5,8-9,11,13H,3-4,6-7,10H2,1-2H3,(H,22,25)(H2,23,24,26). The molecule has 27 heavy (non-hydrogen) atoms. The number of carbonyl (C=O) groups is 2. The molecule has 1 saturated carbocycles. The van der Waals surface area contributed by atoms with E-state index in [2.05, 4.69) is 16.0 Å². The maximum absolute atomic E-state index is 13.2. The van der Waals surface area contributed by atoms with Gasteiger partial charge in [0.25, 0.3) is 0 Å². The number of hydrogen-bond donors (Lipinski definition) is 3. The molecule has 0 aromatic heterocycles. The van der Waals surface area contributed by atoms with Crippen molar-refractivity contribution in [2.45, 2.75) is 44.4 Å². The Morgan fingerprint density at radius 2 is 1.85 bits per heavy atom. The lowest BCUT2D eigenvalue weighted by Gasteiger charge is -2.28. The van der Waals surface area contributed by atoms with Crippen molar-refractivity contribution in [2.24, 2.45) is 5.92 Å². The Hall–Kier alpha value is -2.45. The van der Waals surface area contributed by atoms with E-state index in [-0.39, 0.29) is 35.7 Å². The fraction of sp³-hybridized carbons (Fsp3) is 0.556. The number of nitrogens with one attached hydrogen (secondary N) is 3. The minimum atomic E-state index is -4.54. The SMILES string of the molecule is CNC(=O)C1CCC(NC(=O)NCc2ccc(OC)cc2C(F)(F)F)CC1. The summed E-state index contributed by atoms with van der Waals surface area (Å²) in [6.07, 6.45) is -1.90. The van der Waals surface area contributed by atoms with Crippen LogP contribution in [-0.4, -0.2) is 32.1 Å². The fourth-order valence-corrected chi connectivity index (χ4v) is 3.22. The van der Waals surface area contributed by atoms with Gasteiger partial charge in [0, 0.05) is 25.6 Å². The first-order chi connectivity index (χ1) is 12.7. The number of urea groups is 1. The van der Waals surface area contributed by atoms with Gasteiger partial charge in [0.15, 0.2) is 0 Å². The summed E-state index contributed by atoms with van der Waals surface area (Å²) in [5.74, 6) is 0.0465. The van der Waals surface area contributed by atoms with Gasteiger partial charge in [-0.15, -0.1) is 0 Å². The normalized spacial score (nSPS) is 19.9. The van der Waals surface area contributed by atoms with Crippen molar-refractivity contribution >= 4 is 11.9 Å². The van der Waals surface area contributed by atoms with Gasteiger partial charge < -0.3 is 20.7 Å². The van der Waals surface area contributed by atoms with Crippen molar-refractivity contribution in [2.75, 3.05) is 14.2 Å². The number of carbonyl (C=O) groups excluding carboxylic acids is 2. The van der Waals surface area contributed by atoms with Gasteiger partial charge in [0.05, 0.1) is 12.7 Å². The highest BCUT2D eigenvalue weighted by Gasteiger charge is 2.34. The lowest BCUT2D eigenvalue weighted by Crippen LogP contribution is -2.44. The van der Waals surface area contributed by atoms with Crippen LogP contribution in [0.4, 0.5) is 18.0 Å². The van der Waals surface area contributed by atoms with Crippen LogP contribution in [0.25, 0.3) is 0 Å². The van der Waals surface area contributed by atoms with Gasteiger partial charge >= 0.3 is 12.2 Å². The van der Waals surface area contributed by atoms with Crippen LogP contribution in [0.5, 0.6) is 5.75 Å². The van der Waals surface area contributed by atoms with Crippen LogP contribution in [0.3, 0.4) is 0 Å². The first-order valence-corrected chi connectivity index (χ1v) is 8.74. The molecule has 3 amide bonds. The second-order valence-corrected chi connectivity index (χ2v) is 6.51. The minimum Gasteiger partial charge on any atom is -0.497 e. The van der Waals surface area contributed by atoms with Crippen LogP contribution >= 0.6 is 0 Å². The molecule has 3 N–H and O–H groups in total. The van der Waals surface area contributed by atoms with Crippen molar-refractivity contribution in [3.8, 4) is 5.75 Å². The number of hydrogen-bond acceptors (Lipinski definition) is 3. The number of benzene rings is 1. The molecular weight excluding hydrogens is 363 g/mol. The molecule has 0 atom stereocenters. The third kappa shape index (κ3) is 5.77. The van der Waals surface area contributed by atoms with Crippen molar-refractivity contribution in [3.05, 3.63) is 29.3 Å². The molecule has 9 heteroatoms. The summed E-state index contributed by atoms with van der Waals surface area (Å²) in [5, 5.41) is 7.85. The summed E-state index contributed by atoms with van der Waals surface area (Å²) in [6.45, 7) is -0.252. The molecule has 150 valence electrons. The molecular formula is C18H24F3N3O3. The number of halogens is 3. The van der Waals surface area contributed by atoms with E-state index in [1.807, 2.05) is 0 Å². The first kappa shape index (κ1) is 20.9. The highest BCUT2D eigenvalue weighted by Crippen LogP contribution is 2.34. The number of amides is 3. The van der Waals surface area contributed by atoms with Gasteiger partial charge in [0.1, 0.15) is 5.75 Å². The molecule has 0 heterocycles. The molecule has 0 bridgehead atoms. The first-order valence-electron chi connectivity index (χ1n) is 8.74. The largest absolute Gasteiger partial charge is 0.497 e. The zero-order valence-corrected chi connectivity index (χ0v) is 15.3. The van der Waals surface area contributed by atoms with E-state index < -0.39 is 17.8 Å². The third-order valence-corrected chi connectivity index (χ3v) is 4.74. The Labute approximate surface area is 155 Å². The van der Waals surface area contributed by atoms with E-state index in [4.69, 9.17) is 4.74 Å². The summed E-state index contributed by atoms with van der Waals surface area (Å²) < 4.78 is 44.4. The van der Waals surface area contributed by atoms with Crippen molar-refractivity contribution in [1.82, 2.24) is 16.0 Å². The molecule has 1 aromatic carbocycles. The van der Waals surface area contributed by atoms with E-state index in [0.717, 1.165) is 6.07 Å². The second-order valence-electron chi connectivity index (χ2n) is 6.51. The zero-order chi connectivity index (χ0) is 20.0. The van der Waals surface area contributed by atoms with E-state index in [1.54, 1.807) is 7.05 Å². The van der Waals surface area contributed by atoms with E-state index in [0.29, 0.717) is 25.7 Å². The summed E-state index contributed by atoms with van der Waals surface area (Å²) in [5.41, 5.74) is -0.880. The van der Waals surface area contributed by atoms with Crippen LogP contribution in [0.15, 0.2) is 18.2 Å². The molecule has 1 aliphatic carbocycles. The summed E-state index contributed by atoms with van der Waals surface area (Å²) in [6, 6.07) is 3.00. The summed E-state index contributed by atoms with van der Waals surface area (Å²) in [7, 11) is 2.88. The second kappa shape index (κ2) is 8.96. The Kier molecular flexibility index (Phi) is 6.92. The van der Waals surface area contributed by atoms with E-state index in [1.165, 1.54) is 19.2 Å². The van der Waals surface area contributed by atoms with Gasteiger partial charge in [-0.1, -0.05) is 6.07 Å². The lowest BCUT2D eigenvalue weighted by molar-refractivity contribution is -0.138. The fourth-order valence-electron chi connectivity index (χ4n) is 3.22. The van der Waals surface area contributed by atoms with Crippen LogP contribution in [-0.2, 0) is 17.5 Å². The van der Waals surface area contributed by atoms with Crippen molar-refractivity contribution in [3.63, 3.8) is 0 Å².